The van der Waals surface area contributed by atoms with Crippen molar-refractivity contribution in [1.29, 1.82) is 0 Å². The molecular formula is C13H24N2O2. The molecule has 0 radical (unpaired) electrons. The largest absolute Gasteiger partial charge is 0.388 e. The predicted molar refractivity (Wildman–Crippen MR) is 66.6 cm³/mol. The SMILES string of the molecule is CCCC(C)(O)CNC(=O)C1CC2CCC1N2. The molecule has 0 spiro atoms. The Morgan fingerprint density at radius 3 is 2.82 bits per heavy atom. The van der Waals surface area contributed by atoms with E-state index in [9.17, 15) is 9.90 Å². The van der Waals surface area contributed by atoms with Gasteiger partial charge >= 0.3 is 0 Å². The van der Waals surface area contributed by atoms with E-state index in [-0.39, 0.29) is 11.8 Å². The van der Waals surface area contributed by atoms with E-state index in [1.54, 1.807) is 6.92 Å². The second-order valence-electron chi connectivity index (χ2n) is 5.85. The Hall–Kier alpha value is -0.610. The normalized spacial score (nSPS) is 34.6. The van der Waals surface area contributed by atoms with Gasteiger partial charge in [0.1, 0.15) is 0 Å². The summed E-state index contributed by atoms with van der Waals surface area (Å²) in [6, 6.07) is 0.919. The number of amides is 1. The summed E-state index contributed by atoms with van der Waals surface area (Å²) in [7, 11) is 0. The van der Waals surface area contributed by atoms with Gasteiger partial charge in [-0.15, -0.1) is 0 Å². The molecule has 2 fully saturated rings. The zero-order chi connectivity index (χ0) is 12.5. The second kappa shape index (κ2) is 4.94. The standard InChI is InChI=1S/C13H24N2O2/c1-3-6-13(2,17)8-14-12(16)10-7-9-4-5-11(10)15-9/h9-11,15,17H,3-8H2,1-2H3,(H,14,16). The third kappa shape index (κ3) is 2.99. The number of nitrogens with one attached hydrogen (secondary N) is 2. The minimum Gasteiger partial charge on any atom is -0.388 e. The number of hydrogen-bond acceptors (Lipinski definition) is 3. The highest BCUT2D eigenvalue weighted by Gasteiger charge is 2.42. The fraction of sp³-hybridized carbons (Fsp3) is 0.923. The van der Waals surface area contributed by atoms with Gasteiger partial charge in [-0.2, -0.15) is 0 Å². The summed E-state index contributed by atoms with van der Waals surface area (Å²) in [4.78, 5) is 12.0. The van der Waals surface area contributed by atoms with Crippen molar-refractivity contribution in [3.63, 3.8) is 0 Å². The lowest BCUT2D eigenvalue weighted by molar-refractivity contribution is -0.126. The van der Waals surface area contributed by atoms with Gasteiger partial charge in [0, 0.05) is 18.6 Å². The monoisotopic (exact) mass is 240 g/mol. The van der Waals surface area contributed by atoms with E-state index in [1.165, 1.54) is 6.42 Å². The minimum atomic E-state index is -0.768. The molecule has 17 heavy (non-hydrogen) atoms. The highest BCUT2D eigenvalue weighted by Crippen LogP contribution is 2.33. The molecule has 2 rings (SSSR count). The van der Waals surface area contributed by atoms with Crippen molar-refractivity contribution in [2.45, 2.75) is 63.6 Å². The van der Waals surface area contributed by atoms with Crippen LogP contribution in [0.1, 0.15) is 46.0 Å². The lowest BCUT2D eigenvalue weighted by atomic mass is 9.88. The Morgan fingerprint density at radius 1 is 1.53 bits per heavy atom. The summed E-state index contributed by atoms with van der Waals surface area (Å²) in [5.74, 6) is 0.229. The Morgan fingerprint density at radius 2 is 2.29 bits per heavy atom. The van der Waals surface area contributed by atoms with E-state index in [2.05, 4.69) is 10.6 Å². The number of carbonyl (C=O) groups excluding carboxylic acids is 1. The lowest BCUT2D eigenvalue weighted by Crippen LogP contribution is -2.45. The van der Waals surface area contributed by atoms with Crippen molar-refractivity contribution < 1.29 is 9.90 Å². The van der Waals surface area contributed by atoms with Crippen molar-refractivity contribution in [3.05, 3.63) is 0 Å². The van der Waals surface area contributed by atoms with Crippen LogP contribution >= 0.6 is 0 Å². The molecule has 2 bridgehead atoms. The molecule has 2 saturated heterocycles. The van der Waals surface area contributed by atoms with Crippen LogP contribution in [-0.4, -0.2) is 35.2 Å². The maximum Gasteiger partial charge on any atom is 0.224 e. The van der Waals surface area contributed by atoms with E-state index in [4.69, 9.17) is 0 Å². The van der Waals surface area contributed by atoms with E-state index in [0.717, 1.165) is 25.7 Å². The van der Waals surface area contributed by atoms with Gasteiger partial charge in [-0.3, -0.25) is 4.79 Å². The summed E-state index contributed by atoms with van der Waals surface area (Å²) in [5, 5.41) is 16.4. The van der Waals surface area contributed by atoms with Gasteiger partial charge in [-0.1, -0.05) is 13.3 Å². The first-order chi connectivity index (χ1) is 8.02. The topological polar surface area (TPSA) is 61.4 Å². The van der Waals surface area contributed by atoms with Gasteiger partial charge in [-0.25, -0.2) is 0 Å². The van der Waals surface area contributed by atoms with Crippen molar-refractivity contribution in [2.24, 2.45) is 5.92 Å². The predicted octanol–water partition coefficient (Wildman–Crippen LogP) is 0.794. The van der Waals surface area contributed by atoms with Crippen LogP contribution in [0.3, 0.4) is 0 Å². The van der Waals surface area contributed by atoms with Crippen LogP contribution in [0.25, 0.3) is 0 Å². The fourth-order valence-electron chi connectivity index (χ4n) is 3.15. The van der Waals surface area contributed by atoms with Crippen LogP contribution in [0.4, 0.5) is 0 Å². The number of fused-ring (bicyclic) bond motifs is 2. The Balaban J connectivity index is 1.78. The van der Waals surface area contributed by atoms with Crippen LogP contribution in [0.5, 0.6) is 0 Å². The molecule has 0 aliphatic carbocycles. The zero-order valence-corrected chi connectivity index (χ0v) is 10.8. The van der Waals surface area contributed by atoms with E-state index >= 15 is 0 Å². The molecule has 2 heterocycles. The molecular weight excluding hydrogens is 216 g/mol. The Labute approximate surface area is 103 Å². The summed E-state index contributed by atoms with van der Waals surface area (Å²) in [6.45, 7) is 4.19. The second-order valence-corrected chi connectivity index (χ2v) is 5.85. The molecule has 2 aliphatic rings. The average molecular weight is 240 g/mol. The number of hydrogen-bond donors (Lipinski definition) is 3. The summed E-state index contributed by atoms with van der Waals surface area (Å²) >= 11 is 0. The number of aliphatic hydroxyl groups is 1. The third-order valence-electron chi connectivity index (χ3n) is 4.07. The molecule has 2 aliphatic heterocycles. The molecule has 0 saturated carbocycles. The first-order valence-corrected chi connectivity index (χ1v) is 6.78. The van der Waals surface area contributed by atoms with Crippen LogP contribution in [0.2, 0.25) is 0 Å². The Kier molecular flexibility index (Phi) is 3.73. The first kappa shape index (κ1) is 12.8. The van der Waals surface area contributed by atoms with Gasteiger partial charge in [0.25, 0.3) is 0 Å². The van der Waals surface area contributed by atoms with Crippen molar-refractivity contribution in [2.75, 3.05) is 6.54 Å². The van der Waals surface area contributed by atoms with Crippen LogP contribution in [-0.2, 0) is 4.79 Å². The van der Waals surface area contributed by atoms with E-state index < -0.39 is 5.60 Å². The smallest absolute Gasteiger partial charge is 0.224 e. The zero-order valence-electron chi connectivity index (χ0n) is 10.8. The Bertz CT molecular complexity index is 291. The van der Waals surface area contributed by atoms with E-state index in [0.29, 0.717) is 18.6 Å². The van der Waals surface area contributed by atoms with Crippen molar-refractivity contribution in [1.82, 2.24) is 10.6 Å². The van der Waals surface area contributed by atoms with Crippen LogP contribution in [0.15, 0.2) is 0 Å². The number of carbonyl (C=O) groups is 1. The summed E-state index contributed by atoms with van der Waals surface area (Å²) in [6.07, 6.45) is 4.95. The van der Waals surface area contributed by atoms with Crippen molar-refractivity contribution in [3.8, 4) is 0 Å². The van der Waals surface area contributed by atoms with Gasteiger partial charge in [0.05, 0.1) is 11.5 Å². The molecule has 3 N–H and O–H groups in total. The molecule has 98 valence electrons. The van der Waals surface area contributed by atoms with Crippen molar-refractivity contribution >= 4 is 5.91 Å². The molecule has 0 aromatic carbocycles. The minimum absolute atomic E-state index is 0.112. The third-order valence-corrected chi connectivity index (χ3v) is 4.07. The van der Waals surface area contributed by atoms with Gasteiger partial charge in [0.15, 0.2) is 0 Å². The average Bonchev–Trinajstić information content (AvgIpc) is 2.87. The van der Waals surface area contributed by atoms with Gasteiger partial charge in [-0.05, 0) is 32.6 Å². The molecule has 4 unspecified atom stereocenters. The summed E-state index contributed by atoms with van der Waals surface area (Å²) in [5.41, 5.74) is -0.768. The summed E-state index contributed by atoms with van der Waals surface area (Å²) < 4.78 is 0. The lowest BCUT2D eigenvalue weighted by Gasteiger charge is -2.25. The maximum absolute atomic E-state index is 12.0. The first-order valence-electron chi connectivity index (χ1n) is 6.78. The fourth-order valence-corrected chi connectivity index (χ4v) is 3.15. The van der Waals surface area contributed by atoms with Crippen LogP contribution in [0, 0.1) is 5.92 Å². The number of rotatable bonds is 5. The molecule has 4 nitrogen and oxygen atoms in total. The highest BCUT2D eigenvalue weighted by atomic mass is 16.3. The molecule has 4 atom stereocenters. The quantitative estimate of drug-likeness (QED) is 0.666. The molecule has 1 amide bonds. The van der Waals surface area contributed by atoms with Gasteiger partial charge in [0.2, 0.25) is 5.91 Å². The molecule has 4 heteroatoms. The molecule has 0 aromatic heterocycles. The maximum atomic E-state index is 12.0. The van der Waals surface area contributed by atoms with Gasteiger partial charge < -0.3 is 15.7 Å². The highest BCUT2D eigenvalue weighted by molar-refractivity contribution is 5.80. The molecule has 0 aromatic rings. The van der Waals surface area contributed by atoms with E-state index in [1.807, 2.05) is 6.92 Å². The van der Waals surface area contributed by atoms with Crippen LogP contribution < -0.4 is 10.6 Å².